The lowest BCUT2D eigenvalue weighted by Gasteiger charge is -2.43. The molecule has 6 atom stereocenters. The van der Waals surface area contributed by atoms with E-state index in [0.29, 0.717) is 12.5 Å². The van der Waals surface area contributed by atoms with Gasteiger partial charge in [0.15, 0.2) is 0 Å². The Hall–Kier alpha value is 10.6. The molecule has 2 nitrogen and oxygen atoms in total. The van der Waals surface area contributed by atoms with E-state index >= 15 is 0 Å². The van der Waals surface area contributed by atoms with Crippen LogP contribution in [0, 0.1) is 35.5 Å². The van der Waals surface area contributed by atoms with Crippen molar-refractivity contribution in [1.82, 2.24) is 0 Å². The van der Waals surface area contributed by atoms with Gasteiger partial charge >= 0.3 is 0 Å². The molecule has 6 rings (SSSR count). The van der Waals surface area contributed by atoms with Gasteiger partial charge in [-0.1, -0.05) is 106 Å². The van der Waals surface area contributed by atoms with Crippen molar-refractivity contribution in [3.8, 4) is 0 Å². The minimum absolute atomic E-state index is 0.0745. The molecule has 2 saturated carbocycles. The molecule has 0 spiro atoms. The molecule has 1 N–H and O–H groups in total. The van der Waals surface area contributed by atoms with Crippen LogP contribution in [0.1, 0.15) is 72.1 Å². The molecule has 552 valence electrons. The molecule has 2 aromatic carbocycles. The standard InChI is InChI=1S/C26H34OSi.C10H16O.S39.S18/c1-26(2,3)28(21-14-8-6-9-15-21,22-16-10-7-11-17-22)27-20-25-23-18-12-4-5-13-19-24(23)25;11-7-10-8-5-3-1-2-4-6-9(8)10;1-3-5-7-9-11-13-15-17-19-21-23-25-27-29-31-33-35-37-39-38-36-34-32-30-28-26-24-22-20-18-16-14-12-10-8-6-4-2;1-3-5-7-9-11-13-15-17-18-16-14-12-10-8-6-4-2/h4-11,14-17,23-25H,12-13,18-20H2,1-3H3;1-2,8-11H,3-7H2;;/b5-4-;2-1-;;/t23-,24+,25?;8-,9+,10?;;. The summed E-state index contributed by atoms with van der Waals surface area (Å²) in [4.78, 5) is 0. The van der Waals surface area contributed by atoms with E-state index in [9.17, 15) is 0 Å². The van der Waals surface area contributed by atoms with E-state index in [1.807, 2.05) is 204 Å². The van der Waals surface area contributed by atoms with Crippen LogP contribution in [0.2, 0.25) is 5.04 Å². The van der Waals surface area contributed by atoms with E-state index in [-0.39, 0.29) is 5.04 Å². The Morgan fingerprint density at radius 2 is 0.500 bits per heavy atom. The van der Waals surface area contributed by atoms with Crippen LogP contribution in [-0.2, 0) is 520 Å². The van der Waals surface area contributed by atoms with Gasteiger partial charge in [-0.3, -0.25) is 0 Å². The van der Waals surface area contributed by atoms with E-state index in [2.05, 4.69) is 106 Å². The maximum absolute atomic E-state index is 9.00. The highest BCUT2D eigenvalue weighted by molar-refractivity contribution is 8.82. The van der Waals surface area contributed by atoms with Crippen molar-refractivity contribution in [3.05, 3.63) is 85.0 Å². The summed E-state index contributed by atoms with van der Waals surface area (Å²) < 4.78 is 7.18. The summed E-state index contributed by atoms with van der Waals surface area (Å²) in [6, 6.07) is 22.1. The Morgan fingerprint density at radius 3 is 0.677 bits per heavy atom. The third-order valence-electron chi connectivity index (χ3n) is 11.6. The molecule has 96 heavy (non-hydrogen) atoms. The SMILES string of the molecule is CC(C)(C)[Si](OCC1[C@H]2CC/C=C\CC[C@@H]12)(c1ccccc1)c1ccccc1.OCC1[C@H]2CC/C=C\CC[C@@H]12.S=S=S=S=S=S=S=S=S=S=S=S=S=S=S=S=S=S.S=S=S=S=S=S=S=S=S=S=S=S=S=S=S=S=S=S=S=S=S=S=S=S=S=S=S=S=S=S=S=S=S=S=S=S=S=S=S. The lowest BCUT2D eigenvalue weighted by atomic mass is 10.1. The first-order chi connectivity index (χ1) is 47.3. The maximum atomic E-state index is 9.00. The second-order valence-corrected chi connectivity index (χ2v) is 115. The fraction of sp³-hybridized carbons (Fsp3) is 0.556. The Kier molecular flexibility index (Phi) is 78.1. The fourth-order valence-electron chi connectivity index (χ4n) is 8.44. The van der Waals surface area contributed by atoms with Crippen LogP contribution >= 0.6 is 0 Å². The molecule has 0 heterocycles. The molecule has 4 aliphatic carbocycles. The average Bonchev–Trinajstić information content (AvgIpc) is 1.31. The number of hydrogen-bond acceptors (Lipinski definition) is 6. The Balaban J connectivity index is 0.000000363. The zero-order chi connectivity index (χ0) is 68.8. The monoisotopic (exact) mass is 2360 g/mol. The van der Waals surface area contributed by atoms with Gasteiger partial charge in [0.05, 0.1) is 0 Å². The highest BCUT2D eigenvalue weighted by Gasteiger charge is 2.54. The second kappa shape index (κ2) is 74.4. The first kappa shape index (κ1) is 101. The normalized spacial score (nSPS) is 17.3. The lowest BCUT2D eigenvalue weighted by Crippen LogP contribution is -2.66. The highest BCUT2D eigenvalue weighted by atomic mass is 33.5. The van der Waals surface area contributed by atoms with Crippen molar-refractivity contribution in [3.63, 3.8) is 0 Å². The highest BCUT2D eigenvalue weighted by Crippen LogP contribution is 2.54. The van der Waals surface area contributed by atoms with Gasteiger partial charge in [-0.25, -0.2) is 0 Å². The lowest BCUT2D eigenvalue weighted by molar-refractivity contribution is 0.262. The molecule has 2 unspecified atom stereocenters. The van der Waals surface area contributed by atoms with Crippen LogP contribution < -0.4 is 10.4 Å². The van der Waals surface area contributed by atoms with Crippen LogP contribution in [0.5, 0.6) is 0 Å². The van der Waals surface area contributed by atoms with Crippen LogP contribution in [0.15, 0.2) is 85.0 Å². The summed E-state index contributed by atoms with van der Waals surface area (Å²) >= 11 is 19.1. The molecule has 2 aromatic rings. The Bertz CT molecular complexity index is 5300. The van der Waals surface area contributed by atoms with Gasteiger partial charge in [0.25, 0.3) is 8.32 Å². The number of aliphatic hydroxyl groups is 1. The minimum Gasteiger partial charge on any atom is -0.407 e. The van der Waals surface area contributed by atoms with Crippen molar-refractivity contribution >= 4 is 534 Å². The van der Waals surface area contributed by atoms with Crippen molar-refractivity contribution in [2.45, 2.75) is 77.2 Å². The van der Waals surface area contributed by atoms with Gasteiger partial charge < -0.3 is 9.53 Å². The summed E-state index contributed by atoms with van der Waals surface area (Å²) in [5.41, 5.74) is 0. The molecule has 4 aliphatic rings. The van der Waals surface area contributed by atoms with Gasteiger partial charge in [0.1, 0.15) is 0 Å². The quantitative estimate of drug-likeness (QED) is 0.240. The molecule has 0 aliphatic heterocycles. The predicted molar refractivity (Wildman–Crippen MR) is 587 cm³/mol. The zero-order valence-corrected chi connectivity index (χ0v) is 95.3. The second-order valence-electron chi connectivity index (χ2n) is 17.0. The van der Waals surface area contributed by atoms with Gasteiger partial charge in [-0.15, -0.1) is 0 Å². The first-order valence-corrected chi connectivity index (χ1v) is 100. The van der Waals surface area contributed by atoms with Gasteiger partial charge in [0, 0.05) is 529 Å². The third kappa shape index (κ3) is 53.7. The third-order valence-corrected chi connectivity index (χ3v) is 130. The largest absolute Gasteiger partial charge is 0.407 e. The summed E-state index contributed by atoms with van der Waals surface area (Å²) in [6.45, 7) is 8.47. The molecular weight excluding hydrogens is 2320 g/mol. The Morgan fingerprint density at radius 1 is 0.312 bits per heavy atom. The zero-order valence-electron chi connectivity index (χ0n) is 47.7. The molecule has 0 amide bonds. The van der Waals surface area contributed by atoms with E-state index in [1.165, 1.54) is 97.3 Å². The summed E-state index contributed by atoms with van der Waals surface area (Å²) in [5, 5.41) is 11.9. The van der Waals surface area contributed by atoms with Gasteiger partial charge in [-0.2, -0.15) is 0 Å². The van der Waals surface area contributed by atoms with Crippen LogP contribution in [0.3, 0.4) is 0 Å². The number of hydrogen-bond donors (Lipinski definition) is 1. The van der Waals surface area contributed by atoms with Crippen molar-refractivity contribution in [1.29, 1.82) is 0 Å². The summed E-state index contributed by atoms with van der Waals surface area (Å²) in [6.07, 6.45) is 19.6. The van der Waals surface area contributed by atoms with E-state index in [0.717, 1.165) is 36.2 Å². The van der Waals surface area contributed by atoms with E-state index in [4.69, 9.17) is 54.3 Å². The summed E-state index contributed by atoms with van der Waals surface area (Å²) in [5.74, 6) is 4.90. The molecular formula is C36H50O2S57Si. The van der Waals surface area contributed by atoms with E-state index in [1.54, 1.807) is 231 Å². The van der Waals surface area contributed by atoms with Crippen LogP contribution in [-0.4, -0.2) is 26.6 Å². The smallest absolute Gasteiger partial charge is 0.261 e. The number of rotatable bonds is 6. The van der Waals surface area contributed by atoms with Crippen molar-refractivity contribution in [2.24, 2.45) is 35.5 Å². The van der Waals surface area contributed by atoms with Crippen LogP contribution in [0.25, 0.3) is 0 Å². The summed E-state index contributed by atoms with van der Waals surface area (Å²) in [7, 11) is 90.4. The minimum atomic E-state index is -2.38. The van der Waals surface area contributed by atoms with E-state index < -0.39 is 8.32 Å². The topological polar surface area (TPSA) is 29.5 Å². The Labute approximate surface area is 736 Å². The molecule has 0 radical (unpaired) electrons. The molecule has 0 bridgehead atoms. The first-order valence-electron chi connectivity index (χ1n) is 24.8. The van der Waals surface area contributed by atoms with Crippen molar-refractivity contribution < 1.29 is 9.53 Å². The number of benzene rings is 2. The van der Waals surface area contributed by atoms with Crippen molar-refractivity contribution in [2.75, 3.05) is 13.2 Å². The molecule has 0 saturated heterocycles. The number of aliphatic hydroxyl groups excluding tert-OH is 1. The van der Waals surface area contributed by atoms with Crippen LogP contribution in [0.4, 0.5) is 0 Å². The number of fused-ring (bicyclic) bond motifs is 2. The predicted octanol–water partition coefficient (Wildman–Crippen LogP) is 7.39. The molecule has 60 heteroatoms. The maximum Gasteiger partial charge on any atom is 0.261 e. The fourth-order valence-corrected chi connectivity index (χ4v) is 148. The number of allylic oxidation sites excluding steroid dienone is 4. The molecule has 0 aromatic heterocycles. The average molecular weight is 2370 g/mol. The molecule has 2 fully saturated rings. The van der Waals surface area contributed by atoms with Gasteiger partial charge in [-0.05, 0) is 102 Å². The van der Waals surface area contributed by atoms with Gasteiger partial charge in [0.2, 0.25) is 0 Å².